The van der Waals surface area contributed by atoms with Gasteiger partial charge in [0.15, 0.2) is 5.82 Å². The van der Waals surface area contributed by atoms with Crippen LogP contribution in [0.1, 0.15) is 11.4 Å². The van der Waals surface area contributed by atoms with E-state index in [1.807, 2.05) is 19.0 Å². The summed E-state index contributed by atoms with van der Waals surface area (Å²) in [6, 6.07) is 3.24. The number of sulfonamides is 1. The van der Waals surface area contributed by atoms with Crippen molar-refractivity contribution in [3.05, 3.63) is 23.5 Å². The van der Waals surface area contributed by atoms with Gasteiger partial charge in [-0.05, 0) is 40.1 Å². The number of hydrogen-bond acceptors (Lipinski definition) is 7. The van der Waals surface area contributed by atoms with E-state index in [-0.39, 0.29) is 10.7 Å². The first kappa shape index (κ1) is 17.2. The lowest BCUT2D eigenvalue weighted by Gasteiger charge is -2.11. The summed E-state index contributed by atoms with van der Waals surface area (Å²) in [6.45, 7) is 4.86. The number of hydrogen-bond donors (Lipinski definition) is 3. The van der Waals surface area contributed by atoms with Gasteiger partial charge in [-0.2, -0.15) is 5.10 Å². The zero-order valence-electron chi connectivity index (χ0n) is 13.6. The van der Waals surface area contributed by atoms with Crippen LogP contribution in [0.4, 0.5) is 11.6 Å². The largest absolute Gasteiger partial charge is 0.367 e. The first-order valence-electron chi connectivity index (χ1n) is 7.06. The summed E-state index contributed by atoms with van der Waals surface area (Å²) < 4.78 is 27.2. The fraction of sp³-hybridized carbons (Fsp3) is 0.462. The van der Waals surface area contributed by atoms with E-state index in [2.05, 4.69) is 30.4 Å². The van der Waals surface area contributed by atoms with Gasteiger partial charge in [-0.15, -0.1) is 10.2 Å². The molecule has 0 spiro atoms. The minimum absolute atomic E-state index is 0.132. The predicted octanol–water partition coefficient (Wildman–Crippen LogP) is 0.591. The van der Waals surface area contributed by atoms with Crippen LogP contribution in [0.15, 0.2) is 17.0 Å². The van der Waals surface area contributed by atoms with Gasteiger partial charge in [-0.3, -0.25) is 9.82 Å². The van der Waals surface area contributed by atoms with Crippen molar-refractivity contribution in [1.29, 1.82) is 0 Å². The van der Waals surface area contributed by atoms with Gasteiger partial charge in [0.05, 0.1) is 11.4 Å². The maximum absolute atomic E-state index is 12.4. The maximum Gasteiger partial charge on any atom is 0.266 e. The van der Waals surface area contributed by atoms with Gasteiger partial charge in [0.25, 0.3) is 10.0 Å². The van der Waals surface area contributed by atoms with Crippen LogP contribution in [0, 0.1) is 13.8 Å². The highest BCUT2D eigenvalue weighted by Gasteiger charge is 2.22. The summed E-state index contributed by atoms with van der Waals surface area (Å²) in [4.78, 5) is 2.17. The Morgan fingerprint density at radius 1 is 1.17 bits per heavy atom. The topological polar surface area (TPSA) is 116 Å². The Labute approximate surface area is 135 Å². The predicted molar refractivity (Wildman–Crippen MR) is 87.9 cm³/mol. The van der Waals surface area contributed by atoms with Gasteiger partial charge in [0, 0.05) is 13.1 Å². The van der Waals surface area contributed by atoms with Crippen LogP contribution in [0.25, 0.3) is 0 Å². The first-order chi connectivity index (χ1) is 10.8. The average molecular weight is 339 g/mol. The Hall–Kier alpha value is -2.20. The van der Waals surface area contributed by atoms with Crippen LogP contribution in [-0.2, 0) is 10.0 Å². The Morgan fingerprint density at radius 2 is 1.83 bits per heavy atom. The van der Waals surface area contributed by atoms with Gasteiger partial charge in [0.1, 0.15) is 10.7 Å². The molecule has 0 amide bonds. The lowest BCUT2D eigenvalue weighted by atomic mass is 10.4. The summed E-state index contributed by atoms with van der Waals surface area (Å²) in [5.41, 5.74) is 0.884. The Bertz CT molecular complexity index is 734. The molecule has 3 N–H and O–H groups in total. The van der Waals surface area contributed by atoms with E-state index in [0.29, 0.717) is 17.2 Å². The molecule has 9 nitrogen and oxygen atoms in total. The highest BCUT2D eigenvalue weighted by Crippen LogP contribution is 2.19. The highest BCUT2D eigenvalue weighted by molar-refractivity contribution is 7.92. The number of H-pyrrole nitrogens is 1. The summed E-state index contributed by atoms with van der Waals surface area (Å²) in [5, 5.41) is 17.5. The van der Waals surface area contributed by atoms with Crippen molar-refractivity contribution in [3.8, 4) is 0 Å². The number of aromatic nitrogens is 4. The molecule has 2 aromatic rings. The molecule has 2 heterocycles. The number of aromatic amines is 1. The molecular weight excluding hydrogens is 318 g/mol. The van der Waals surface area contributed by atoms with Gasteiger partial charge in [-0.25, -0.2) is 8.42 Å². The maximum atomic E-state index is 12.4. The van der Waals surface area contributed by atoms with Crippen molar-refractivity contribution in [2.45, 2.75) is 18.7 Å². The van der Waals surface area contributed by atoms with E-state index in [4.69, 9.17) is 0 Å². The minimum Gasteiger partial charge on any atom is -0.367 e. The third-order valence-corrected chi connectivity index (χ3v) is 4.71. The van der Waals surface area contributed by atoms with E-state index in [0.717, 1.165) is 13.1 Å². The Morgan fingerprint density at radius 3 is 2.35 bits per heavy atom. The standard InChI is InChI=1S/C13H21N7O2S/c1-9-13(10(2)16-15-9)23(21,22)19-12-6-5-11(17-18-12)14-7-8-20(3)4/h5-6H,7-8H2,1-4H3,(H,14,17)(H,15,16)(H,18,19). The van der Waals surface area contributed by atoms with E-state index in [1.165, 1.54) is 0 Å². The van der Waals surface area contributed by atoms with Gasteiger partial charge in [0.2, 0.25) is 0 Å². The van der Waals surface area contributed by atoms with Crippen LogP contribution < -0.4 is 10.0 Å². The van der Waals surface area contributed by atoms with Crippen LogP contribution in [-0.4, -0.2) is 60.9 Å². The summed E-state index contributed by atoms with van der Waals surface area (Å²) >= 11 is 0. The highest BCUT2D eigenvalue weighted by atomic mass is 32.2. The summed E-state index contributed by atoms with van der Waals surface area (Å²) in [7, 11) is 0.209. The molecule has 0 aliphatic heterocycles. The van der Waals surface area contributed by atoms with Crippen LogP contribution in [0.5, 0.6) is 0 Å². The van der Waals surface area contributed by atoms with Crippen molar-refractivity contribution in [2.75, 3.05) is 37.2 Å². The van der Waals surface area contributed by atoms with E-state index in [1.54, 1.807) is 26.0 Å². The molecule has 10 heteroatoms. The van der Waals surface area contributed by atoms with Gasteiger partial charge < -0.3 is 10.2 Å². The molecule has 0 bridgehead atoms. The second-order valence-corrected chi connectivity index (χ2v) is 7.02. The molecule has 0 atom stereocenters. The van der Waals surface area contributed by atoms with Crippen LogP contribution >= 0.6 is 0 Å². The zero-order chi connectivity index (χ0) is 17.0. The molecule has 0 radical (unpaired) electrons. The molecular formula is C13H21N7O2S. The average Bonchev–Trinajstić information content (AvgIpc) is 2.80. The monoisotopic (exact) mass is 339 g/mol. The molecule has 0 saturated heterocycles. The molecule has 23 heavy (non-hydrogen) atoms. The molecule has 2 aromatic heterocycles. The summed E-state index contributed by atoms with van der Waals surface area (Å²) in [5.74, 6) is 0.744. The SMILES string of the molecule is Cc1n[nH]c(C)c1S(=O)(=O)Nc1ccc(NCCN(C)C)nn1. The molecule has 0 aliphatic rings. The molecule has 126 valence electrons. The second-order valence-electron chi connectivity index (χ2n) is 5.40. The van der Waals surface area contributed by atoms with E-state index in [9.17, 15) is 8.42 Å². The number of anilines is 2. The van der Waals surface area contributed by atoms with Gasteiger partial charge in [-0.1, -0.05) is 0 Å². The number of nitrogens with zero attached hydrogens (tertiary/aromatic N) is 4. The minimum atomic E-state index is -3.75. The molecule has 0 aromatic carbocycles. The first-order valence-corrected chi connectivity index (χ1v) is 8.54. The van der Waals surface area contributed by atoms with Crippen molar-refractivity contribution < 1.29 is 8.42 Å². The number of nitrogens with one attached hydrogen (secondary N) is 3. The molecule has 0 aliphatic carbocycles. The quantitative estimate of drug-likeness (QED) is 0.676. The smallest absolute Gasteiger partial charge is 0.266 e. The number of likely N-dealkylation sites (N-methyl/N-ethyl adjacent to an activating group) is 1. The van der Waals surface area contributed by atoms with Crippen molar-refractivity contribution in [3.63, 3.8) is 0 Å². The van der Waals surface area contributed by atoms with Crippen molar-refractivity contribution in [1.82, 2.24) is 25.3 Å². The molecule has 2 rings (SSSR count). The lowest BCUT2D eigenvalue weighted by molar-refractivity contribution is 0.425. The van der Waals surface area contributed by atoms with E-state index < -0.39 is 10.0 Å². The zero-order valence-corrected chi connectivity index (χ0v) is 14.4. The van der Waals surface area contributed by atoms with Crippen molar-refractivity contribution in [2.24, 2.45) is 0 Å². The normalized spacial score (nSPS) is 11.7. The molecule has 0 fully saturated rings. The molecule has 0 unspecified atom stereocenters. The number of rotatable bonds is 7. The van der Waals surface area contributed by atoms with E-state index >= 15 is 0 Å². The van der Waals surface area contributed by atoms with Gasteiger partial charge >= 0.3 is 0 Å². The Balaban J connectivity index is 2.06. The molecule has 0 saturated carbocycles. The fourth-order valence-electron chi connectivity index (χ4n) is 2.01. The van der Waals surface area contributed by atoms with Crippen LogP contribution in [0.2, 0.25) is 0 Å². The fourth-order valence-corrected chi connectivity index (χ4v) is 3.38. The van der Waals surface area contributed by atoms with Crippen molar-refractivity contribution >= 4 is 21.7 Å². The third-order valence-electron chi connectivity index (χ3n) is 3.10. The third kappa shape index (κ3) is 4.39. The summed E-state index contributed by atoms with van der Waals surface area (Å²) in [6.07, 6.45) is 0. The second kappa shape index (κ2) is 6.92. The number of aryl methyl sites for hydroxylation is 2. The lowest BCUT2D eigenvalue weighted by Crippen LogP contribution is -2.21. The van der Waals surface area contributed by atoms with Crippen LogP contribution in [0.3, 0.4) is 0 Å². The Kier molecular flexibility index (Phi) is 5.16.